The van der Waals surface area contributed by atoms with Crippen LogP contribution in [0.2, 0.25) is 0 Å². The van der Waals surface area contributed by atoms with Gasteiger partial charge >= 0.3 is 0 Å². The van der Waals surface area contributed by atoms with E-state index in [-0.39, 0.29) is 12.0 Å². The van der Waals surface area contributed by atoms with E-state index in [0.29, 0.717) is 25.0 Å². The van der Waals surface area contributed by atoms with E-state index in [1.807, 2.05) is 23.1 Å². The topological polar surface area (TPSA) is 42.4 Å². The number of benzene rings is 1. The van der Waals surface area contributed by atoms with E-state index in [1.54, 1.807) is 11.3 Å². The van der Waals surface area contributed by atoms with E-state index in [0.717, 1.165) is 35.7 Å². The minimum Gasteiger partial charge on any atom is -0.486 e. The van der Waals surface area contributed by atoms with Crippen molar-refractivity contribution in [3.63, 3.8) is 0 Å². The molecule has 1 atom stereocenters. The first-order valence-electron chi connectivity index (χ1n) is 9.95. The van der Waals surface area contributed by atoms with Crippen molar-refractivity contribution in [2.24, 2.45) is 5.92 Å². The number of rotatable bonds is 9. The Bertz CT molecular complexity index is 767. The number of ether oxygens (including phenoxy) is 1. The SMILES string of the molecule is CC[C@H](C)N(Cc1csc(COc2ccccc2C(C)C)n1)C(=O)C1CC1. The summed E-state index contributed by atoms with van der Waals surface area (Å²) in [7, 11) is 0. The van der Waals surface area contributed by atoms with E-state index in [4.69, 9.17) is 9.72 Å². The zero-order chi connectivity index (χ0) is 19.4. The van der Waals surface area contributed by atoms with Crippen molar-refractivity contribution in [3.8, 4) is 5.75 Å². The van der Waals surface area contributed by atoms with Crippen molar-refractivity contribution in [2.75, 3.05) is 0 Å². The normalized spacial score (nSPS) is 15.0. The van der Waals surface area contributed by atoms with Crippen LogP contribution in [0.15, 0.2) is 29.6 Å². The Morgan fingerprint density at radius 3 is 2.70 bits per heavy atom. The fraction of sp³-hybridized carbons (Fsp3) is 0.545. The van der Waals surface area contributed by atoms with Crippen molar-refractivity contribution in [1.82, 2.24) is 9.88 Å². The Balaban J connectivity index is 1.63. The first-order chi connectivity index (χ1) is 13.0. The van der Waals surface area contributed by atoms with Gasteiger partial charge in [-0.3, -0.25) is 4.79 Å². The third-order valence-electron chi connectivity index (χ3n) is 5.16. The van der Waals surface area contributed by atoms with Gasteiger partial charge in [-0.1, -0.05) is 39.0 Å². The van der Waals surface area contributed by atoms with Gasteiger partial charge in [0.2, 0.25) is 5.91 Å². The number of aromatic nitrogens is 1. The maximum absolute atomic E-state index is 12.6. The maximum atomic E-state index is 12.6. The highest BCUT2D eigenvalue weighted by molar-refractivity contribution is 7.09. The smallest absolute Gasteiger partial charge is 0.226 e. The molecule has 0 N–H and O–H groups in total. The van der Waals surface area contributed by atoms with Gasteiger partial charge in [0.15, 0.2) is 0 Å². The second-order valence-corrected chi connectivity index (χ2v) is 8.65. The molecule has 1 fully saturated rings. The lowest BCUT2D eigenvalue weighted by molar-refractivity contribution is -0.135. The molecule has 4 nitrogen and oxygen atoms in total. The second kappa shape index (κ2) is 8.87. The van der Waals surface area contributed by atoms with Gasteiger partial charge in [0.05, 0.1) is 12.2 Å². The molecule has 0 radical (unpaired) electrons. The lowest BCUT2D eigenvalue weighted by Crippen LogP contribution is -2.38. The molecule has 146 valence electrons. The third kappa shape index (κ3) is 5.10. The quantitative estimate of drug-likeness (QED) is 0.581. The van der Waals surface area contributed by atoms with Crippen molar-refractivity contribution in [1.29, 1.82) is 0 Å². The highest BCUT2D eigenvalue weighted by Gasteiger charge is 2.35. The Labute approximate surface area is 166 Å². The van der Waals surface area contributed by atoms with Gasteiger partial charge in [0.1, 0.15) is 17.4 Å². The minimum absolute atomic E-state index is 0.243. The summed E-state index contributed by atoms with van der Waals surface area (Å²) in [4.78, 5) is 19.3. The average Bonchev–Trinajstić information content (AvgIpc) is 3.43. The Hall–Kier alpha value is -1.88. The zero-order valence-electron chi connectivity index (χ0n) is 16.8. The lowest BCUT2D eigenvalue weighted by atomic mass is 10.0. The average molecular weight is 387 g/mol. The summed E-state index contributed by atoms with van der Waals surface area (Å²) in [6.07, 6.45) is 3.04. The molecule has 1 amide bonds. The Morgan fingerprint density at radius 2 is 2.04 bits per heavy atom. The number of para-hydroxylation sites is 1. The van der Waals surface area contributed by atoms with Crippen LogP contribution < -0.4 is 4.74 Å². The molecule has 0 unspecified atom stereocenters. The molecule has 2 aromatic rings. The van der Waals surface area contributed by atoms with Crippen LogP contribution >= 0.6 is 11.3 Å². The van der Waals surface area contributed by atoms with E-state index in [1.165, 1.54) is 5.56 Å². The van der Waals surface area contributed by atoms with Gasteiger partial charge < -0.3 is 9.64 Å². The van der Waals surface area contributed by atoms with Gasteiger partial charge in [-0.25, -0.2) is 4.98 Å². The first-order valence-corrected chi connectivity index (χ1v) is 10.8. The second-order valence-electron chi connectivity index (χ2n) is 7.71. The van der Waals surface area contributed by atoms with Crippen LogP contribution in [0.5, 0.6) is 5.75 Å². The van der Waals surface area contributed by atoms with Gasteiger partial charge in [-0.2, -0.15) is 0 Å². The summed E-state index contributed by atoms with van der Waals surface area (Å²) in [5.74, 6) is 1.88. The molecule has 0 bridgehead atoms. The lowest BCUT2D eigenvalue weighted by Gasteiger charge is -2.28. The van der Waals surface area contributed by atoms with Crippen molar-refractivity contribution < 1.29 is 9.53 Å². The van der Waals surface area contributed by atoms with Crippen LogP contribution in [-0.4, -0.2) is 21.8 Å². The Morgan fingerprint density at radius 1 is 1.30 bits per heavy atom. The number of carbonyl (C=O) groups excluding carboxylic acids is 1. The van der Waals surface area contributed by atoms with Crippen LogP contribution in [0.25, 0.3) is 0 Å². The molecule has 1 aliphatic rings. The Kier molecular flexibility index (Phi) is 6.53. The summed E-state index contributed by atoms with van der Waals surface area (Å²) in [6, 6.07) is 8.42. The highest BCUT2D eigenvalue weighted by Crippen LogP contribution is 2.33. The number of hydrogen-bond acceptors (Lipinski definition) is 4. The van der Waals surface area contributed by atoms with Crippen molar-refractivity contribution in [3.05, 3.63) is 45.9 Å². The van der Waals surface area contributed by atoms with Gasteiger partial charge in [0.25, 0.3) is 0 Å². The fourth-order valence-corrected chi connectivity index (χ4v) is 3.82. The third-order valence-corrected chi connectivity index (χ3v) is 6.03. The van der Waals surface area contributed by atoms with Gasteiger partial charge in [-0.15, -0.1) is 11.3 Å². The standard InChI is InChI=1S/C22H30N2O2S/c1-5-16(4)24(22(25)17-10-11-17)12-18-14-27-21(23-18)13-26-20-9-7-6-8-19(20)15(2)3/h6-9,14-17H,5,10-13H2,1-4H3/t16-/m0/s1. The molecule has 0 saturated heterocycles. The van der Waals surface area contributed by atoms with Crippen LogP contribution in [0.4, 0.5) is 0 Å². The summed E-state index contributed by atoms with van der Waals surface area (Å²) in [6.45, 7) is 9.66. The molecule has 3 rings (SSSR count). The van der Waals surface area contributed by atoms with Crippen LogP contribution in [0.3, 0.4) is 0 Å². The predicted octanol–water partition coefficient (Wildman–Crippen LogP) is 5.38. The van der Waals surface area contributed by atoms with E-state index in [9.17, 15) is 4.79 Å². The molecule has 0 spiro atoms. The van der Waals surface area contributed by atoms with Crippen molar-refractivity contribution >= 4 is 17.2 Å². The monoisotopic (exact) mass is 386 g/mol. The number of carbonyl (C=O) groups is 1. The number of amides is 1. The zero-order valence-corrected chi connectivity index (χ0v) is 17.6. The van der Waals surface area contributed by atoms with Crippen LogP contribution in [0.1, 0.15) is 69.1 Å². The molecular formula is C22H30N2O2S. The summed E-state index contributed by atoms with van der Waals surface area (Å²) in [5.41, 5.74) is 2.18. The molecule has 1 heterocycles. The molecule has 1 saturated carbocycles. The van der Waals surface area contributed by atoms with Crippen LogP contribution in [-0.2, 0) is 17.9 Å². The van der Waals surface area contributed by atoms with Crippen molar-refractivity contribution in [2.45, 2.75) is 72.1 Å². The van der Waals surface area contributed by atoms with Gasteiger partial charge in [0, 0.05) is 17.3 Å². The van der Waals surface area contributed by atoms with E-state index < -0.39 is 0 Å². The fourth-order valence-electron chi connectivity index (χ4n) is 3.13. The van der Waals surface area contributed by atoms with Crippen LogP contribution in [0, 0.1) is 5.92 Å². The number of nitrogens with zero attached hydrogens (tertiary/aromatic N) is 2. The highest BCUT2D eigenvalue weighted by atomic mass is 32.1. The molecule has 5 heteroatoms. The molecule has 0 aliphatic heterocycles. The van der Waals surface area contributed by atoms with E-state index >= 15 is 0 Å². The molecule has 1 aromatic heterocycles. The summed E-state index contributed by atoms with van der Waals surface area (Å²) in [5, 5.41) is 3.01. The van der Waals surface area contributed by atoms with E-state index in [2.05, 4.69) is 39.1 Å². The number of hydrogen-bond donors (Lipinski definition) is 0. The maximum Gasteiger partial charge on any atom is 0.226 e. The van der Waals surface area contributed by atoms with Gasteiger partial charge in [-0.05, 0) is 43.7 Å². The molecule has 1 aliphatic carbocycles. The summed E-state index contributed by atoms with van der Waals surface area (Å²) < 4.78 is 6.03. The molecule has 27 heavy (non-hydrogen) atoms. The first kappa shape index (κ1) is 19.9. The predicted molar refractivity (Wildman–Crippen MR) is 110 cm³/mol. The molecule has 1 aromatic carbocycles. The minimum atomic E-state index is 0.243. The largest absolute Gasteiger partial charge is 0.486 e. The summed E-state index contributed by atoms with van der Waals surface area (Å²) >= 11 is 1.61. The molecular weight excluding hydrogens is 356 g/mol. The number of thiazole rings is 1.